The molecule has 21 heteroatoms. The van der Waals surface area contributed by atoms with Crippen LogP contribution in [0.5, 0.6) is 0 Å². The van der Waals surface area contributed by atoms with E-state index >= 15 is 0 Å². The zero-order valence-electron chi connectivity index (χ0n) is 40.8. The number of phosphoric ester groups is 2. The fraction of sp³-hybridized carbons (Fsp3) is 0.750. The Labute approximate surface area is 408 Å². The van der Waals surface area contributed by atoms with Gasteiger partial charge in [-0.15, -0.1) is 0 Å². The third-order valence-electron chi connectivity index (χ3n) is 11.6. The molecule has 2 aliphatic heterocycles. The van der Waals surface area contributed by atoms with E-state index < -0.39 is 83.7 Å². The van der Waals surface area contributed by atoms with Crippen molar-refractivity contribution in [1.82, 2.24) is 9.55 Å². The molecule has 19 nitrogen and oxygen atoms in total. The van der Waals surface area contributed by atoms with Gasteiger partial charge in [0.25, 0.3) is 0 Å². The number of carbonyl (C=O) groups is 2. The van der Waals surface area contributed by atoms with Crippen molar-refractivity contribution in [3.63, 3.8) is 0 Å². The third-order valence-corrected chi connectivity index (χ3v) is 14.2. The first kappa shape index (κ1) is 60.2. The average molecular weight is 1020 g/mol. The number of carbonyl (C=O) groups excluding carboxylic acids is 2. The first-order valence-corrected chi connectivity index (χ1v) is 28.1. The predicted molar refractivity (Wildman–Crippen MR) is 261 cm³/mol. The summed E-state index contributed by atoms with van der Waals surface area (Å²) in [4.78, 5) is 61.9. The minimum absolute atomic E-state index is 0.0325. The van der Waals surface area contributed by atoms with E-state index in [1.54, 1.807) is 0 Å². The molecule has 0 aromatic carbocycles. The van der Waals surface area contributed by atoms with Crippen molar-refractivity contribution in [3.8, 4) is 0 Å². The molecule has 1 aromatic rings. The molecule has 69 heavy (non-hydrogen) atoms. The van der Waals surface area contributed by atoms with E-state index in [1.807, 2.05) is 12.2 Å². The second-order valence-corrected chi connectivity index (χ2v) is 20.8. The highest BCUT2D eigenvalue weighted by Gasteiger charge is 2.46. The van der Waals surface area contributed by atoms with Crippen molar-refractivity contribution in [1.29, 1.82) is 0 Å². The molecule has 0 amide bonds. The lowest BCUT2D eigenvalue weighted by Crippen LogP contribution is -2.36. The number of nitrogens with two attached hydrogens (primary N) is 1. The van der Waals surface area contributed by atoms with E-state index in [1.165, 1.54) is 76.7 Å². The van der Waals surface area contributed by atoms with Crippen LogP contribution in [0, 0.1) is 0 Å². The number of nitrogens with zero attached hydrogens (tertiary/aromatic N) is 2. The second kappa shape index (κ2) is 34.3. The number of esters is 2. The Hall–Kier alpha value is -3.06. The summed E-state index contributed by atoms with van der Waals surface area (Å²) in [6.45, 7) is 2.06. The van der Waals surface area contributed by atoms with Gasteiger partial charge in [-0.05, 0) is 57.4 Å². The molecule has 0 aliphatic carbocycles. The quantitative estimate of drug-likeness (QED) is 0.0135. The van der Waals surface area contributed by atoms with Gasteiger partial charge in [0.15, 0.2) is 12.3 Å². The highest BCUT2D eigenvalue weighted by Crippen LogP contribution is 2.60. The molecular formula is C48H81N3O16P2. The summed E-state index contributed by atoms with van der Waals surface area (Å²) in [6.07, 6.45) is 29.7. The number of phosphoric acid groups is 2. The number of unbranched alkanes of at least 4 members (excludes halogenated alkanes) is 16. The van der Waals surface area contributed by atoms with Crippen molar-refractivity contribution < 1.29 is 71.0 Å². The van der Waals surface area contributed by atoms with E-state index in [9.17, 15) is 43.5 Å². The zero-order chi connectivity index (χ0) is 50.3. The van der Waals surface area contributed by atoms with Crippen LogP contribution in [0.1, 0.15) is 174 Å². The van der Waals surface area contributed by atoms with E-state index in [0.29, 0.717) is 19.3 Å². The number of hydrogen-bond acceptors (Lipinski definition) is 16. The summed E-state index contributed by atoms with van der Waals surface area (Å²) < 4.78 is 62.5. The molecule has 3 rings (SSSR count). The van der Waals surface area contributed by atoms with Gasteiger partial charge in [0, 0.05) is 19.0 Å². The van der Waals surface area contributed by atoms with E-state index in [4.69, 9.17) is 33.7 Å². The molecule has 0 radical (unpaired) electrons. The minimum atomic E-state index is -5.44. The highest BCUT2D eigenvalue weighted by molar-refractivity contribution is 7.61. The number of rotatable bonds is 40. The van der Waals surface area contributed by atoms with Gasteiger partial charge in [-0.2, -0.15) is 9.29 Å². The fourth-order valence-corrected chi connectivity index (χ4v) is 9.69. The number of aliphatic hydroxyl groups is 2. The SMILES string of the molecule is CCCCC/C=C\C/C=C\CC1OC1C/C=C\CCCC(=O)O[C@H](COC(=O)CCCCCCCCCCCCCCC)COP(=O)(O)OP(=O)(O)OC[C@H]1O[C@@H](n2ccc(N)nc2=O)[C@H](O)[C@@H]1O. The first-order valence-electron chi connectivity index (χ1n) is 25.1. The molecule has 2 saturated heterocycles. The Morgan fingerprint density at radius 3 is 1.91 bits per heavy atom. The summed E-state index contributed by atoms with van der Waals surface area (Å²) >= 11 is 0. The molecule has 2 aliphatic rings. The van der Waals surface area contributed by atoms with Gasteiger partial charge < -0.3 is 44.7 Å². The molecule has 3 heterocycles. The number of aromatic nitrogens is 2. The topological polar surface area (TPSA) is 278 Å². The third kappa shape index (κ3) is 26.8. The van der Waals surface area contributed by atoms with Crippen molar-refractivity contribution in [2.45, 2.75) is 211 Å². The van der Waals surface area contributed by atoms with Crippen LogP contribution in [-0.4, -0.2) is 97.9 Å². The highest BCUT2D eigenvalue weighted by atomic mass is 31.3. The molecule has 394 valence electrons. The lowest BCUT2D eigenvalue weighted by atomic mass is 10.0. The Morgan fingerprint density at radius 2 is 1.26 bits per heavy atom. The van der Waals surface area contributed by atoms with Crippen molar-refractivity contribution in [2.75, 3.05) is 25.6 Å². The van der Waals surface area contributed by atoms with Crippen LogP contribution in [0.4, 0.5) is 5.82 Å². The van der Waals surface area contributed by atoms with E-state index in [0.717, 1.165) is 62.1 Å². The maximum atomic E-state index is 12.9. The summed E-state index contributed by atoms with van der Waals surface area (Å²) in [5, 5.41) is 20.9. The van der Waals surface area contributed by atoms with Crippen LogP contribution in [0.3, 0.4) is 0 Å². The van der Waals surface area contributed by atoms with Gasteiger partial charge in [0.05, 0.1) is 25.4 Å². The summed E-state index contributed by atoms with van der Waals surface area (Å²) in [5.74, 6) is -1.37. The van der Waals surface area contributed by atoms with Crippen LogP contribution in [0.2, 0.25) is 0 Å². The van der Waals surface area contributed by atoms with Gasteiger partial charge in [0.1, 0.15) is 30.7 Å². The standard InChI is InChI=1S/C48H81N3O16P2/c1-3-5-7-9-11-13-14-15-16-18-20-22-27-31-43(52)61-35-38(64-44(53)32-28-24-23-26-30-40-39(65-40)29-25-21-19-17-12-10-8-6-4-2)36-62-68(57,58)67-69(59,60)63-37-41-45(54)46(55)47(66-41)51-34-33-42(49)50-48(51)56/h12,17,21,23,25-26,33-34,38-41,45-47,54-55H,3-11,13-16,18-20,22,24,27-32,35-37H2,1-2H3,(H,57,58)(H,59,60)(H2,49,50,56)/b17-12-,25-21-,26-23-/t38-,39?,40?,41-,45-,46-,47-/m1/s1. The predicted octanol–water partition coefficient (Wildman–Crippen LogP) is 8.99. The van der Waals surface area contributed by atoms with Crippen molar-refractivity contribution in [2.24, 2.45) is 0 Å². The number of aliphatic hydroxyl groups excluding tert-OH is 2. The molecular weight excluding hydrogens is 936 g/mol. The van der Waals surface area contributed by atoms with Gasteiger partial charge in [-0.25, -0.2) is 13.9 Å². The number of nitrogen functional groups attached to an aromatic ring is 1. The molecule has 9 atom stereocenters. The average Bonchev–Trinajstić information content (AvgIpc) is 3.99. The van der Waals surface area contributed by atoms with Crippen LogP contribution in [-0.2, 0) is 51.0 Å². The van der Waals surface area contributed by atoms with Crippen LogP contribution < -0.4 is 11.4 Å². The molecule has 2 fully saturated rings. The maximum Gasteiger partial charge on any atom is 0.481 e. The molecule has 4 unspecified atom stereocenters. The number of anilines is 1. The number of hydrogen-bond donors (Lipinski definition) is 5. The van der Waals surface area contributed by atoms with Crippen LogP contribution in [0.25, 0.3) is 0 Å². The lowest BCUT2D eigenvalue weighted by Gasteiger charge is -2.21. The summed E-state index contributed by atoms with van der Waals surface area (Å²) in [6, 6.07) is 1.24. The number of ether oxygens (including phenoxy) is 4. The van der Waals surface area contributed by atoms with Gasteiger partial charge >= 0.3 is 33.3 Å². The molecule has 0 bridgehead atoms. The molecule has 1 aromatic heterocycles. The van der Waals surface area contributed by atoms with Crippen molar-refractivity contribution >= 4 is 33.4 Å². The van der Waals surface area contributed by atoms with Crippen LogP contribution in [0.15, 0.2) is 53.5 Å². The Morgan fingerprint density at radius 1 is 0.710 bits per heavy atom. The molecule has 6 N–H and O–H groups in total. The summed E-state index contributed by atoms with van der Waals surface area (Å²) in [5.41, 5.74) is 4.58. The first-order chi connectivity index (χ1) is 33.1. The monoisotopic (exact) mass is 1020 g/mol. The zero-order valence-corrected chi connectivity index (χ0v) is 42.6. The van der Waals surface area contributed by atoms with Gasteiger partial charge in [-0.3, -0.25) is 23.2 Å². The second-order valence-electron chi connectivity index (χ2n) is 17.7. The minimum Gasteiger partial charge on any atom is -0.462 e. The van der Waals surface area contributed by atoms with Crippen molar-refractivity contribution in [3.05, 3.63) is 59.2 Å². The largest absolute Gasteiger partial charge is 0.481 e. The lowest BCUT2D eigenvalue weighted by molar-refractivity contribution is -0.161. The van der Waals surface area contributed by atoms with E-state index in [2.05, 4.69) is 47.4 Å². The molecule has 0 spiro atoms. The smallest absolute Gasteiger partial charge is 0.462 e. The Balaban J connectivity index is 1.42. The van der Waals surface area contributed by atoms with Gasteiger partial charge in [-0.1, -0.05) is 140 Å². The Bertz CT molecular complexity index is 1860. The summed E-state index contributed by atoms with van der Waals surface area (Å²) in [7, 11) is -10.9. The fourth-order valence-electron chi connectivity index (χ4n) is 7.58. The molecule has 0 saturated carbocycles. The Kier molecular flexibility index (Phi) is 30.0. The van der Waals surface area contributed by atoms with Gasteiger partial charge in [0.2, 0.25) is 0 Å². The maximum absolute atomic E-state index is 12.9. The van der Waals surface area contributed by atoms with Crippen LogP contribution >= 0.6 is 15.6 Å². The number of epoxide rings is 1. The normalized spacial score (nSPS) is 22.6. The number of allylic oxidation sites excluding steroid dienone is 4. The van der Waals surface area contributed by atoms with E-state index in [-0.39, 0.29) is 30.9 Å².